The molecule has 1 amide bonds. The van der Waals surface area contributed by atoms with Gasteiger partial charge in [0.25, 0.3) is 0 Å². The van der Waals surface area contributed by atoms with Gasteiger partial charge in [-0.25, -0.2) is 0 Å². The topological polar surface area (TPSA) is 96.7 Å². The first-order valence-corrected chi connectivity index (χ1v) is 7.54. The molecule has 0 spiro atoms. The minimum atomic E-state index is -0.672. The molecule has 0 saturated carbocycles. The molecule has 0 aliphatic carbocycles. The zero-order chi connectivity index (χ0) is 15.9. The van der Waals surface area contributed by atoms with Crippen molar-refractivity contribution in [3.05, 3.63) is 47.0 Å². The van der Waals surface area contributed by atoms with Gasteiger partial charge in [-0.2, -0.15) is 5.10 Å². The number of H-pyrrole nitrogens is 1. The Morgan fingerprint density at radius 2 is 2.18 bits per heavy atom. The number of nitrogens with one attached hydrogen (secondary N) is 2. The van der Waals surface area contributed by atoms with Crippen molar-refractivity contribution in [1.29, 1.82) is 0 Å². The molecule has 6 nitrogen and oxygen atoms in total. The van der Waals surface area contributed by atoms with Gasteiger partial charge in [-0.15, -0.1) is 0 Å². The zero-order valence-corrected chi connectivity index (χ0v) is 13.1. The van der Waals surface area contributed by atoms with Crippen molar-refractivity contribution in [3.63, 3.8) is 0 Å². The Morgan fingerprint density at radius 3 is 2.82 bits per heavy atom. The lowest BCUT2D eigenvalue weighted by atomic mass is 10.1. The van der Waals surface area contributed by atoms with Gasteiger partial charge in [0.1, 0.15) is 6.04 Å². The van der Waals surface area contributed by atoms with Gasteiger partial charge in [0.2, 0.25) is 5.91 Å². The molecule has 2 rings (SSSR count). The number of nitrogens with zero attached hydrogens (tertiary/aromatic N) is 2. The van der Waals surface area contributed by atoms with Gasteiger partial charge in [-0.05, 0) is 45.2 Å². The average Bonchev–Trinajstić information content (AvgIpc) is 2.86. The monoisotopic (exact) mass is 301 g/mol. The molecule has 0 unspecified atom stereocenters. The first kappa shape index (κ1) is 16.2. The van der Waals surface area contributed by atoms with Crippen molar-refractivity contribution in [1.82, 2.24) is 20.5 Å². The fourth-order valence-corrected chi connectivity index (χ4v) is 2.45. The van der Waals surface area contributed by atoms with Gasteiger partial charge in [-0.1, -0.05) is 6.07 Å². The van der Waals surface area contributed by atoms with E-state index in [9.17, 15) is 4.79 Å². The maximum absolute atomic E-state index is 12.1. The summed E-state index contributed by atoms with van der Waals surface area (Å²) in [4.78, 5) is 16.4. The SMILES string of the molecule is Cc1n[nH]c(C)c1[C@H](N)C(=O)NCCCCc1ccccn1. The number of carbonyl (C=O) groups is 1. The van der Waals surface area contributed by atoms with E-state index in [1.807, 2.05) is 32.0 Å². The van der Waals surface area contributed by atoms with Crippen molar-refractivity contribution >= 4 is 5.91 Å². The number of hydrogen-bond donors (Lipinski definition) is 3. The van der Waals surface area contributed by atoms with Crippen molar-refractivity contribution in [3.8, 4) is 0 Å². The Morgan fingerprint density at radius 1 is 1.36 bits per heavy atom. The summed E-state index contributed by atoms with van der Waals surface area (Å²) >= 11 is 0. The Kier molecular flexibility index (Phi) is 5.66. The molecule has 0 saturated heterocycles. The van der Waals surface area contributed by atoms with Gasteiger partial charge >= 0.3 is 0 Å². The minimum Gasteiger partial charge on any atom is -0.354 e. The van der Waals surface area contributed by atoms with E-state index < -0.39 is 6.04 Å². The number of aromatic amines is 1. The number of pyridine rings is 1. The molecule has 2 aromatic heterocycles. The predicted molar refractivity (Wildman–Crippen MR) is 85.2 cm³/mol. The molecule has 1 atom stereocenters. The highest BCUT2D eigenvalue weighted by molar-refractivity contribution is 5.83. The van der Waals surface area contributed by atoms with Crippen molar-refractivity contribution in [2.24, 2.45) is 5.73 Å². The van der Waals surface area contributed by atoms with Gasteiger partial charge in [0, 0.05) is 29.7 Å². The number of aromatic nitrogens is 3. The number of aryl methyl sites for hydroxylation is 3. The van der Waals surface area contributed by atoms with E-state index in [0.29, 0.717) is 6.54 Å². The summed E-state index contributed by atoms with van der Waals surface area (Å²) in [5.74, 6) is -0.162. The van der Waals surface area contributed by atoms with E-state index in [1.54, 1.807) is 6.20 Å². The van der Waals surface area contributed by atoms with Gasteiger partial charge < -0.3 is 11.1 Å². The van der Waals surface area contributed by atoms with Gasteiger partial charge in [0.05, 0.1) is 5.69 Å². The standard InChI is InChI=1S/C16H23N5O/c1-11-14(12(2)21-20-11)15(17)16(22)19-10-6-4-8-13-7-3-5-9-18-13/h3,5,7,9,15H,4,6,8,10,17H2,1-2H3,(H,19,22)(H,20,21)/t15-/m0/s1. The first-order valence-electron chi connectivity index (χ1n) is 7.54. The zero-order valence-electron chi connectivity index (χ0n) is 13.1. The molecule has 0 aliphatic heterocycles. The maximum atomic E-state index is 12.1. The lowest BCUT2D eigenvalue weighted by molar-refractivity contribution is -0.122. The van der Waals surface area contributed by atoms with E-state index in [4.69, 9.17) is 5.73 Å². The quantitative estimate of drug-likeness (QED) is 0.676. The van der Waals surface area contributed by atoms with Crippen LogP contribution in [0.15, 0.2) is 24.4 Å². The van der Waals surface area contributed by atoms with E-state index >= 15 is 0 Å². The molecule has 6 heteroatoms. The van der Waals surface area contributed by atoms with Gasteiger partial charge in [0.15, 0.2) is 0 Å². The van der Waals surface area contributed by atoms with Crippen LogP contribution in [0.5, 0.6) is 0 Å². The van der Waals surface area contributed by atoms with E-state index in [1.165, 1.54) is 0 Å². The molecular formula is C16H23N5O. The molecule has 0 aliphatic rings. The predicted octanol–water partition coefficient (Wildman–Crippen LogP) is 1.56. The summed E-state index contributed by atoms with van der Waals surface area (Å²) in [5, 5.41) is 9.81. The number of hydrogen-bond acceptors (Lipinski definition) is 4. The molecule has 0 radical (unpaired) electrons. The van der Waals surface area contributed by atoms with Crippen LogP contribution in [0.3, 0.4) is 0 Å². The lowest BCUT2D eigenvalue weighted by Crippen LogP contribution is -2.35. The lowest BCUT2D eigenvalue weighted by Gasteiger charge is -2.12. The first-order chi connectivity index (χ1) is 10.6. The summed E-state index contributed by atoms with van der Waals surface area (Å²) in [7, 11) is 0. The third-order valence-corrected chi connectivity index (χ3v) is 3.66. The molecule has 4 N–H and O–H groups in total. The number of nitrogens with two attached hydrogens (primary N) is 1. The molecule has 118 valence electrons. The maximum Gasteiger partial charge on any atom is 0.241 e. The van der Waals surface area contributed by atoms with Crippen LogP contribution in [0.2, 0.25) is 0 Å². The highest BCUT2D eigenvalue weighted by atomic mass is 16.2. The van der Waals surface area contributed by atoms with Crippen LogP contribution in [-0.2, 0) is 11.2 Å². The average molecular weight is 301 g/mol. The van der Waals surface area contributed by atoms with Crippen LogP contribution in [0.1, 0.15) is 41.5 Å². The molecule has 2 aromatic rings. The fourth-order valence-electron chi connectivity index (χ4n) is 2.45. The van der Waals surface area contributed by atoms with Crippen LogP contribution in [-0.4, -0.2) is 27.6 Å². The highest BCUT2D eigenvalue weighted by Crippen LogP contribution is 2.17. The van der Waals surface area contributed by atoms with Crippen LogP contribution in [0.4, 0.5) is 0 Å². The van der Waals surface area contributed by atoms with Crippen LogP contribution >= 0.6 is 0 Å². The normalized spacial score (nSPS) is 12.1. The van der Waals surface area contributed by atoms with Gasteiger partial charge in [-0.3, -0.25) is 14.9 Å². The molecule has 0 fully saturated rings. The van der Waals surface area contributed by atoms with E-state index in [2.05, 4.69) is 20.5 Å². The van der Waals surface area contributed by atoms with Crippen molar-refractivity contribution < 1.29 is 4.79 Å². The van der Waals surface area contributed by atoms with Crippen molar-refractivity contribution in [2.45, 2.75) is 39.2 Å². The second kappa shape index (κ2) is 7.70. The second-order valence-corrected chi connectivity index (χ2v) is 5.39. The minimum absolute atomic E-state index is 0.162. The number of carbonyl (C=O) groups excluding carboxylic acids is 1. The summed E-state index contributed by atoms with van der Waals surface area (Å²) in [6, 6.07) is 5.23. The molecular weight excluding hydrogens is 278 g/mol. The Labute approximate surface area is 130 Å². The van der Waals surface area contributed by atoms with Crippen LogP contribution < -0.4 is 11.1 Å². The second-order valence-electron chi connectivity index (χ2n) is 5.39. The summed E-state index contributed by atoms with van der Waals surface area (Å²) < 4.78 is 0. The molecule has 2 heterocycles. The van der Waals surface area contributed by atoms with Crippen LogP contribution in [0.25, 0.3) is 0 Å². The molecule has 0 bridgehead atoms. The number of unbranched alkanes of at least 4 members (excludes halogenated alkanes) is 1. The molecule has 22 heavy (non-hydrogen) atoms. The summed E-state index contributed by atoms with van der Waals surface area (Å²) in [6.45, 7) is 4.34. The number of amides is 1. The van der Waals surface area contributed by atoms with Crippen molar-refractivity contribution in [2.75, 3.05) is 6.54 Å². The third-order valence-electron chi connectivity index (χ3n) is 3.66. The Hall–Kier alpha value is -2.21. The highest BCUT2D eigenvalue weighted by Gasteiger charge is 2.21. The largest absolute Gasteiger partial charge is 0.354 e. The summed E-state index contributed by atoms with van der Waals surface area (Å²) in [5.41, 5.74) is 9.49. The third kappa shape index (κ3) is 4.14. The molecule has 0 aromatic carbocycles. The Balaban J connectivity index is 1.72. The smallest absolute Gasteiger partial charge is 0.241 e. The van der Waals surface area contributed by atoms with E-state index in [0.717, 1.165) is 41.9 Å². The fraction of sp³-hybridized carbons (Fsp3) is 0.438. The van der Waals surface area contributed by atoms with E-state index in [-0.39, 0.29) is 5.91 Å². The van der Waals surface area contributed by atoms with Crippen LogP contribution in [0, 0.1) is 13.8 Å². The Bertz CT molecular complexity index is 589. The summed E-state index contributed by atoms with van der Waals surface area (Å²) in [6.07, 6.45) is 4.60. The number of rotatable bonds is 7.